The highest BCUT2D eigenvalue weighted by atomic mass is 32.2. The minimum Gasteiger partial charge on any atom is -0.345 e. The molecule has 1 aromatic heterocycles. The van der Waals surface area contributed by atoms with Crippen LogP contribution < -0.4 is 0 Å². The molecular weight excluding hydrogens is 342 g/mol. The molecular formula is C21H31N3OS. The first-order chi connectivity index (χ1) is 12.4. The molecule has 1 amide bonds. The number of likely N-dealkylation sites (tertiary alicyclic amines) is 1. The summed E-state index contributed by atoms with van der Waals surface area (Å²) in [6.07, 6.45) is 4.32. The summed E-state index contributed by atoms with van der Waals surface area (Å²) in [6.45, 7) is 11.7. The van der Waals surface area contributed by atoms with Crippen molar-refractivity contribution in [2.24, 2.45) is 5.92 Å². The van der Waals surface area contributed by atoms with Crippen LogP contribution in [0.2, 0.25) is 0 Å². The molecule has 5 heteroatoms. The number of nitrogens with zero attached hydrogens (tertiary/aromatic N) is 3. The second-order valence-corrected chi connectivity index (χ2v) is 9.55. The normalized spacial score (nSPS) is 16.4. The zero-order chi connectivity index (χ0) is 18.7. The van der Waals surface area contributed by atoms with Gasteiger partial charge >= 0.3 is 0 Å². The van der Waals surface area contributed by atoms with Gasteiger partial charge in [0.05, 0.1) is 11.0 Å². The summed E-state index contributed by atoms with van der Waals surface area (Å²) in [5.74, 6) is 2.93. The SMILES string of the molecule is CCCSc1ccc2c(c1)nc(C(C)(C)C)n2CC1CCN(C=O)CC1. The highest BCUT2D eigenvalue weighted by molar-refractivity contribution is 7.99. The van der Waals surface area contributed by atoms with Gasteiger partial charge in [0.15, 0.2) is 0 Å². The molecule has 1 saturated heterocycles. The largest absolute Gasteiger partial charge is 0.345 e. The van der Waals surface area contributed by atoms with Crippen LogP contribution in [0, 0.1) is 5.92 Å². The number of fused-ring (bicyclic) bond motifs is 1. The zero-order valence-corrected chi connectivity index (χ0v) is 17.3. The third-order valence-corrected chi connectivity index (χ3v) is 6.30. The third kappa shape index (κ3) is 4.25. The standard InChI is InChI=1S/C21H31N3OS/c1-5-12-26-17-6-7-19-18(13-17)22-20(21(2,3)4)24(19)14-16-8-10-23(15-25)11-9-16/h6-7,13,15-16H,5,8-12,14H2,1-4H3. The summed E-state index contributed by atoms with van der Waals surface area (Å²) in [6, 6.07) is 6.73. The van der Waals surface area contributed by atoms with Crippen LogP contribution in [0.5, 0.6) is 0 Å². The topological polar surface area (TPSA) is 38.1 Å². The summed E-state index contributed by atoms with van der Waals surface area (Å²) in [5.41, 5.74) is 2.37. The molecule has 0 saturated carbocycles. The van der Waals surface area contributed by atoms with Crippen molar-refractivity contribution < 1.29 is 4.79 Å². The Labute approximate surface area is 161 Å². The number of amides is 1. The Morgan fingerprint density at radius 1 is 1.27 bits per heavy atom. The Bertz CT molecular complexity index is 754. The van der Waals surface area contributed by atoms with E-state index in [0.717, 1.165) is 50.2 Å². The molecule has 0 bridgehead atoms. The van der Waals surface area contributed by atoms with Gasteiger partial charge in [-0.05, 0) is 49.1 Å². The Morgan fingerprint density at radius 2 is 2.00 bits per heavy atom. The van der Waals surface area contributed by atoms with E-state index in [1.807, 2.05) is 16.7 Å². The van der Waals surface area contributed by atoms with Crippen LogP contribution in [-0.2, 0) is 16.8 Å². The molecule has 1 fully saturated rings. The predicted molar refractivity (Wildman–Crippen MR) is 110 cm³/mol. The lowest BCUT2D eigenvalue weighted by Gasteiger charge is -2.31. The minimum atomic E-state index is 0.0131. The van der Waals surface area contributed by atoms with E-state index < -0.39 is 0 Å². The first kappa shape index (κ1) is 19.3. The van der Waals surface area contributed by atoms with E-state index in [4.69, 9.17) is 4.98 Å². The Hall–Kier alpha value is -1.49. The Morgan fingerprint density at radius 3 is 2.62 bits per heavy atom. The molecule has 2 aromatic rings. The number of carbonyl (C=O) groups is 1. The average Bonchev–Trinajstić information content (AvgIpc) is 2.99. The molecule has 142 valence electrons. The molecule has 0 unspecified atom stereocenters. The number of imidazole rings is 1. The van der Waals surface area contributed by atoms with Gasteiger partial charge in [-0.2, -0.15) is 0 Å². The second-order valence-electron chi connectivity index (χ2n) is 8.38. The molecule has 26 heavy (non-hydrogen) atoms. The minimum absolute atomic E-state index is 0.0131. The number of piperidine rings is 1. The maximum Gasteiger partial charge on any atom is 0.209 e. The van der Waals surface area contributed by atoms with Crippen molar-refractivity contribution in [2.45, 2.75) is 63.8 Å². The molecule has 3 rings (SSSR count). The van der Waals surface area contributed by atoms with Gasteiger partial charge < -0.3 is 9.47 Å². The Kier molecular flexibility index (Phi) is 5.96. The molecule has 0 radical (unpaired) electrons. The molecule has 1 aliphatic rings. The Balaban J connectivity index is 1.90. The molecule has 1 aliphatic heterocycles. The first-order valence-corrected chi connectivity index (χ1v) is 10.7. The first-order valence-electron chi connectivity index (χ1n) is 9.75. The fraction of sp³-hybridized carbons (Fsp3) is 0.619. The fourth-order valence-electron chi connectivity index (χ4n) is 3.68. The van der Waals surface area contributed by atoms with Gasteiger partial charge in [-0.1, -0.05) is 27.7 Å². The van der Waals surface area contributed by atoms with Crippen LogP contribution in [0.1, 0.15) is 52.8 Å². The maximum atomic E-state index is 11.0. The van der Waals surface area contributed by atoms with Crippen LogP contribution in [0.25, 0.3) is 11.0 Å². The van der Waals surface area contributed by atoms with Crippen molar-refractivity contribution in [3.63, 3.8) is 0 Å². The predicted octanol–water partition coefficient (Wildman–Crippen LogP) is 4.70. The number of rotatable bonds is 6. The molecule has 0 spiro atoms. The van der Waals surface area contributed by atoms with E-state index >= 15 is 0 Å². The van der Waals surface area contributed by atoms with Crippen molar-refractivity contribution >= 4 is 29.2 Å². The molecule has 0 N–H and O–H groups in total. The summed E-state index contributed by atoms with van der Waals surface area (Å²) in [5, 5.41) is 0. The second kappa shape index (κ2) is 8.03. The molecule has 0 aliphatic carbocycles. The summed E-state index contributed by atoms with van der Waals surface area (Å²) >= 11 is 1.91. The van der Waals surface area contributed by atoms with Crippen LogP contribution >= 0.6 is 11.8 Å². The molecule has 1 aromatic carbocycles. The van der Waals surface area contributed by atoms with E-state index in [9.17, 15) is 4.79 Å². The smallest absolute Gasteiger partial charge is 0.209 e. The van der Waals surface area contributed by atoms with Gasteiger partial charge in [0, 0.05) is 29.9 Å². The van der Waals surface area contributed by atoms with E-state index in [1.165, 1.54) is 22.7 Å². The number of benzene rings is 1. The number of aromatic nitrogens is 2. The number of hydrogen-bond donors (Lipinski definition) is 0. The quantitative estimate of drug-likeness (QED) is 0.544. The van der Waals surface area contributed by atoms with Crippen LogP contribution in [0.3, 0.4) is 0 Å². The summed E-state index contributed by atoms with van der Waals surface area (Å²) in [7, 11) is 0. The molecule has 4 nitrogen and oxygen atoms in total. The van der Waals surface area contributed by atoms with Gasteiger partial charge in [-0.25, -0.2) is 4.98 Å². The highest BCUT2D eigenvalue weighted by Gasteiger charge is 2.26. The zero-order valence-electron chi connectivity index (χ0n) is 16.5. The van der Waals surface area contributed by atoms with E-state index in [0.29, 0.717) is 5.92 Å². The molecule has 2 heterocycles. The third-order valence-electron chi connectivity index (χ3n) is 5.10. The monoisotopic (exact) mass is 373 g/mol. The van der Waals surface area contributed by atoms with Crippen molar-refractivity contribution in [1.82, 2.24) is 14.5 Å². The lowest BCUT2D eigenvalue weighted by atomic mass is 9.93. The van der Waals surface area contributed by atoms with E-state index in [1.54, 1.807) is 0 Å². The van der Waals surface area contributed by atoms with Gasteiger partial charge in [0.1, 0.15) is 5.82 Å². The highest BCUT2D eigenvalue weighted by Crippen LogP contribution is 2.31. The van der Waals surface area contributed by atoms with E-state index in [-0.39, 0.29) is 5.41 Å². The summed E-state index contributed by atoms with van der Waals surface area (Å²) < 4.78 is 2.44. The number of carbonyl (C=O) groups excluding carboxylic acids is 1. The van der Waals surface area contributed by atoms with Crippen molar-refractivity contribution in [1.29, 1.82) is 0 Å². The number of hydrogen-bond acceptors (Lipinski definition) is 3. The van der Waals surface area contributed by atoms with E-state index in [2.05, 4.69) is 50.5 Å². The van der Waals surface area contributed by atoms with Crippen LogP contribution in [0.15, 0.2) is 23.1 Å². The van der Waals surface area contributed by atoms with Crippen LogP contribution in [0.4, 0.5) is 0 Å². The maximum absolute atomic E-state index is 11.0. The van der Waals surface area contributed by atoms with Crippen molar-refractivity contribution in [2.75, 3.05) is 18.8 Å². The fourth-order valence-corrected chi connectivity index (χ4v) is 4.47. The van der Waals surface area contributed by atoms with Crippen molar-refractivity contribution in [3.05, 3.63) is 24.0 Å². The van der Waals surface area contributed by atoms with Gasteiger partial charge in [0.25, 0.3) is 0 Å². The average molecular weight is 374 g/mol. The van der Waals surface area contributed by atoms with Gasteiger partial charge in [-0.3, -0.25) is 4.79 Å². The summed E-state index contributed by atoms with van der Waals surface area (Å²) in [4.78, 5) is 19.2. The molecule has 0 atom stereocenters. The van der Waals surface area contributed by atoms with Crippen molar-refractivity contribution in [3.8, 4) is 0 Å². The number of thioether (sulfide) groups is 1. The van der Waals surface area contributed by atoms with Gasteiger partial charge in [-0.15, -0.1) is 11.8 Å². The van der Waals surface area contributed by atoms with Crippen LogP contribution in [-0.4, -0.2) is 39.7 Å². The lowest BCUT2D eigenvalue weighted by Crippen LogP contribution is -2.34. The van der Waals surface area contributed by atoms with Gasteiger partial charge in [0.2, 0.25) is 6.41 Å². The lowest BCUT2D eigenvalue weighted by molar-refractivity contribution is -0.119.